The number of aromatic nitrogens is 3. The third-order valence-electron chi connectivity index (χ3n) is 7.80. The van der Waals surface area contributed by atoms with Crippen LogP contribution in [0.25, 0.3) is 32.9 Å². The van der Waals surface area contributed by atoms with E-state index in [-0.39, 0.29) is 28.6 Å². The largest absolute Gasteiger partial charge is 0.508 e. The first-order valence-corrected chi connectivity index (χ1v) is 11.9. The maximum Gasteiger partial charge on any atom is 0.175 e. The van der Waals surface area contributed by atoms with Crippen LogP contribution >= 0.6 is 0 Å². The number of benzene rings is 2. The summed E-state index contributed by atoms with van der Waals surface area (Å²) < 4.78 is 33.0. The summed E-state index contributed by atoms with van der Waals surface area (Å²) in [5.74, 6) is 3.05. The van der Waals surface area contributed by atoms with Gasteiger partial charge in [-0.3, -0.25) is 4.68 Å². The van der Waals surface area contributed by atoms with Gasteiger partial charge in [-0.25, -0.2) is 13.8 Å². The number of terminal acetylenes is 1. The molecule has 0 spiro atoms. The Morgan fingerprint density at radius 1 is 1.17 bits per heavy atom. The van der Waals surface area contributed by atoms with Gasteiger partial charge in [-0.15, -0.1) is 6.42 Å². The molecule has 0 radical (unpaired) electrons. The van der Waals surface area contributed by atoms with Gasteiger partial charge in [0, 0.05) is 23.9 Å². The molecule has 2 unspecified atom stereocenters. The molecule has 1 aliphatic heterocycles. The van der Waals surface area contributed by atoms with Gasteiger partial charge in [-0.05, 0) is 61.4 Å². The molecule has 8 heteroatoms. The maximum absolute atomic E-state index is 16.5. The number of halogens is 2. The van der Waals surface area contributed by atoms with E-state index < -0.39 is 11.6 Å². The minimum absolute atomic E-state index is 0.0101. The number of phenols is 1. The second kappa shape index (κ2) is 7.15. The molecule has 0 bridgehead atoms. The minimum atomic E-state index is -0.582. The summed E-state index contributed by atoms with van der Waals surface area (Å²) >= 11 is 0. The molecule has 2 aliphatic carbocycles. The first-order valence-electron chi connectivity index (χ1n) is 11.9. The van der Waals surface area contributed by atoms with Crippen molar-refractivity contribution in [2.24, 2.45) is 11.8 Å². The van der Waals surface area contributed by atoms with Crippen molar-refractivity contribution in [1.82, 2.24) is 20.1 Å². The average Bonchev–Trinajstić information content (AvgIpc) is 3.73. The highest BCUT2D eigenvalue weighted by Gasteiger charge is 2.56. The van der Waals surface area contributed by atoms with Crippen molar-refractivity contribution < 1.29 is 13.9 Å². The predicted octanol–water partition coefficient (Wildman–Crippen LogP) is 4.53. The van der Waals surface area contributed by atoms with Gasteiger partial charge in [0.2, 0.25) is 0 Å². The Bertz CT molecular complexity index is 1590. The SMILES string of the molecule is C#Cc1c(F)ccc2cc(O)cc(-c3nc(NC)c4c(C5C6CNCC65)nn(C5CC5)c4c3F)c12. The molecule has 3 aliphatic rings. The van der Waals surface area contributed by atoms with Crippen LogP contribution in [0.2, 0.25) is 0 Å². The topological polar surface area (TPSA) is 75.0 Å². The standard InChI is InChI=1S/C27H23F2N5O/c1-3-15-19(28)7-4-12-8-14(35)9-16(20(12)15)24-23(29)26-22(27(30-2)32-24)25(33-34(26)13-5-6-13)21-17-10-31-11-18(17)21/h1,4,7-9,13,17-18,21,31,35H,5-6,10-11H2,2H3,(H,30,32). The van der Waals surface area contributed by atoms with E-state index in [2.05, 4.69) is 21.5 Å². The number of hydrogen-bond donors (Lipinski definition) is 3. The zero-order valence-corrected chi connectivity index (χ0v) is 19.1. The normalized spacial score (nSPS) is 23.0. The number of rotatable bonds is 4. The third-order valence-corrected chi connectivity index (χ3v) is 7.80. The van der Waals surface area contributed by atoms with E-state index in [4.69, 9.17) is 11.5 Å². The summed E-state index contributed by atoms with van der Waals surface area (Å²) in [7, 11) is 1.75. The Kier molecular flexibility index (Phi) is 4.22. The van der Waals surface area contributed by atoms with E-state index in [1.54, 1.807) is 7.05 Å². The van der Waals surface area contributed by atoms with E-state index in [0.717, 1.165) is 31.6 Å². The van der Waals surface area contributed by atoms with Crippen molar-refractivity contribution in [2.45, 2.75) is 24.8 Å². The molecular weight excluding hydrogens is 448 g/mol. The highest BCUT2D eigenvalue weighted by Crippen LogP contribution is 2.58. The van der Waals surface area contributed by atoms with Crippen LogP contribution in [0.15, 0.2) is 24.3 Å². The number of nitrogens with zero attached hydrogens (tertiary/aromatic N) is 3. The first-order chi connectivity index (χ1) is 17.0. The zero-order chi connectivity index (χ0) is 24.0. The zero-order valence-electron chi connectivity index (χ0n) is 19.1. The van der Waals surface area contributed by atoms with Gasteiger partial charge in [0.15, 0.2) is 5.82 Å². The number of fused-ring (bicyclic) bond motifs is 3. The molecule has 2 saturated carbocycles. The highest BCUT2D eigenvalue weighted by atomic mass is 19.1. The van der Waals surface area contributed by atoms with Crippen LogP contribution in [0.1, 0.15) is 36.1 Å². The molecule has 3 heterocycles. The van der Waals surface area contributed by atoms with Crippen molar-refractivity contribution in [3.8, 4) is 29.4 Å². The van der Waals surface area contributed by atoms with E-state index in [9.17, 15) is 9.50 Å². The molecule has 4 aromatic rings. The van der Waals surface area contributed by atoms with Crippen LogP contribution in [0.3, 0.4) is 0 Å². The first kappa shape index (κ1) is 20.7. The molecule has 0 amide bonds. The fraction of sp³-hybridized carbons (Fsp3) is 0.333. The van der Waals surface area contributed by atoms with E-state index in [1.165, 1.54) is 24.3 Å². The van der Waals surface area contributed by atoms with Crippen molar-refractivity contribution in [3.63, 3.8) is 0 Å². The molecule has 3 N–H and O–H groups in total. The molecule has 2 atom stereocenters. The minimum Gasteiger partial charge on any atom is -0.508 e. The lowest BCUT2D eigenvalue weighted by molar-refractivity contribution is 0.476. The number of aromatic hydroxyl groups is 1. The predicted molar refractivity (Wildman–Crippen MR) is 130 cm³/mol. The lowest BCUT2D eigenvalue weighted by Gasteiger charge is -2.14. The van der Waals surface area contributed by atoms with E-state index >= 15 is 4.39 Å². The van der Waals surface area contributed by atoms with Gasteiger partial charge < -0.3 is 15.7 Å². The van der Waals surface area contributed by atoms with Crippen LogP contribution in [0.5, 0.6) is 5.75 Å². The molecule has 2 aromatic carbocycles. The third kappa shape index (κ3) is 2.85. The molecule has 2 aromatic heterocycles. The number of anilines is 1. The summed E-state index contributed by atoms with van der Waals surface area (Å²) in [4.78, 5) is 4.69. The Hall–Kier alpha value is -3.70. The van der Waals surface area contributed by atoms with Crippen molar-refractivity contribution >= 4 is 27.5 Å². The van der Waals surface area contributed by atoms with Crippen LogP contribution in [-0.2, 0) is 0 Å². The van der Waals surface area contributed by atoms with Crippen molar-refractivity contribution in [1.29, 1.82) is 0 Å². The Morgan fingerprint density at radius 2 is 1.94 bits per heavy atom. The Labute approximate surface area is 200 Å². The van der Waals surface area contributed by atoms with E-state index in [1.807, 2.05) is 4.68 Å². The molecule has 1 saturated heterocycles. The second-order valence-electron chi connectivity index (χ2n) is 9.83. The summed E-state index contributed by atoms with van der Waals surface area (Å²) in [5.41, 5.74) is 1.59. The van der Waals surface area contributed by atoms with Gasteiger partial charge in [0.05, 0.1) is 22.7 Å². The number of hydrogen-bond acceptors (Lipinski definition) is 5. The smallest absolute Gasteiger partial charge is 0.175 e. The van der Waals surface area contributed by atoms with Gasteiger partial charge >= 0.3 is 0 Å². The van der Waals surface area contributed by atoms with Crippen molar-refractivity contribution in [3.05, 3.63) is 47.2 Å². The van der Waals surface area contributed by atoms with Gasteiger partial charge in [0.1, 0.15) is 28.6 Å². The van der Waals surface area contributed by atoms with Gasteiger partial charge in [0.25, 0.3) is 0 Å². The Balaban J connectivity index is 1.55. The molecule has 3 fully saturated rings. The molecular formula is C27H23F2N5O. The second-order valence-corrected chi connectivity index (χ2v) is 9.83. The highest BCUT2D eigenvalue weighted by molar-refractivity contribution is 6.04. The summed E-state index contributed by atoms with van der Waals surface area (Å²) in [6, 6.07) is 5.81. The van der Waals surface area contributed by atoms with Crippen LogP contribution < -0.4 is 10.6 Å². The number of piperidine rings is 1. The molecule has 176 valence electrons. The van der Waals surface area contributed by atoms with E-state index in [0.29, 0.717) is 45.2 Å². The van der Waals surface area contributed by atoms with Gasteiger partial charge in [-0.2, -0.15) is 5.10 Å². The fourth-order valence-electron chi connectivity index (χ4n) is 5.98. The number of pyridine rings is 1. The fourth-order valence-corrected chi connectivity index (χ4v) is 5.98. The Morgan fingerprint density at radius 3 is 2.63 bits per heavy atom. The number of phenolic OH excluding ortho intramolecular Hbond substituents is 1. The summed E-state index contributed by atoms with van der Waals surface area (Å²) in [5, 5.41) is 23.5. The maximum atomic E-state index is 16.5. The lowest BCUT2D eigenvalue weighted by Crippen LogP contribution is -2.14. The summed E-state index contributed by atoms with van der Waals surface area (Å²) in [6.45, 7) is 1.90. The average molecular weight is 472 g/mol. The lowest BCUT2D eigenvalue weighted by atomic mass is 9.95. The van der Waals surface area contributed by atoms with Crippen LogP contribution in [0.4, 0.5) is 14.6 Å². The van der Waals surface area contributed by atoms with Crippen LogP contribution in [0, 0.1) is 35.8 Å². The molecule has 35 heavy (non-hydrogen) atoms. The monoisotopic (exact) mass is 471 g/mol. The van der Waals surface area contributed by atoms with Crippen molar-refractivity contribution in [2.75, 3.05) is 25.5 Å². The van der Waals surface area contributed by atoms with Gasteiger partial charge in [-0.1, -0.05) is 12.0 Å². The molecule has 6 nitrogen and oxygen atoms in total. The quantitative estimate of drug-likeness (QED) is 0.382. The van der Waals surface area contributed by atoms with Crippen LogP contribution in [-0.4, -0.2) is 40.0 Å². The number of nitrogens with one attached hydrogen (secondary N) is 2. The summed E-state index contributed by atoms with van der Waals surface area (Å²) in [6.07, 6.45) is 7.54. The molecule has 7 rings (SSSR count).